The number of likely N-dealkylation sites (tertiary alicyclic amines) is 1. The Morgan fingerprint density at radius 1 is 1.28 bits per heavy atom. The van der Waals surface area contributed by atoms with E-state index in [0.29, 0.717) is 19.6 Å². The molecule has 0 saturated carbocycles. The zero-order chi connectivity index (χ0) is 18.3. The fourth-order valence-corrected chi connectivity index (χ4v) is 2.63. The second-order valence-corrected chi connectivity index (χ2v) is 7.15. The Morgan fingerprint density at radius 3 is 2.68 bits per heavy atom. The fraction of sp³-hybridized carbons (Fsp3) is 0.500. The molecule has 134 valence electrons. The number of carbonyl (C=O) groups excluding carboxylic acids is 2. The third kappa shape index (κ3) is 6.50. The molecule has 5 nitrogen and oxygen atoms in total. The minimum Gasteiger partial charge on any atom is -0.444 e. The minimum absolute atomic E-state index is 0.0596. The Balaban J connectivity index is 1.81. The van der Waals surface area contributed by atoms with E-state index in [0.717, 1.165) is 18.4 Å². The van der Waals surface area contributed by atoms with Gasteiger partial charge < -0.3 is 15.0 Å². The van der Waals surface area contributed by atoms with Crippen LogP contribution in [0.2, 0.25) is 0 Å². The summed E-state index contributed by atoms with van der Waals surface area (Å²) >= 11 is 0. The number of hydrogen-bond acceptors (Lipinski definition) is 3. The van der Waals surface area contributed by atoms with E-state index in [9.17, 15) is 9.59 Å². The fourth-order valence-electron chi connectivity index (χ4n) is 2.63. The van der Waals surface area contributed by atoms with E-state index >= 15 is 0 Å². The van der Waals surface area contributed by atoms with E-state index in [-0.39, 0.29) is 17.9 Å². The lowest BCUT2D eigenvalue weighted by Gasteiger charge is -2.33. The highest BCUT2D eigenvalue weighted by molar-refractivity contribution is 5.80. The molecule has 1 aromatic rings. The van der Waals surface area contributed by atoms with Gasteiger partial charge in [-0.3, -0.25) is 4.79 Å². The largest absolute Gasteiger partial charge is 0.444 e. The van der Waals surface area contributed by atoms with E-state index in [1.54, 1.807) is 4.90 Å². The van der Waals surface area contributed by atoms with Gasteiger partial charge in [-0.25, -0.2) is 4.79 Å². The number of rotatable bonds is 2. The summed E-state index contributed by atoms with van der Waals surface area (Å²) in [6.45, 7) is 6.84. The van der Waals surface area contributed by atoms with Crippen LogP contribution in [0.1, 0.15) is 39.2 Å². The van der Waals surface area contributed by atoms with Gasteiger partial charge in [-0.1, -0.05) is 30.0 Å². The summed E-state index contributed by atoms with van der Waals surface area (Å²) in [4.78, 5) is 26.1. The van der Waals surface area contributed by atoms with Gasteiger partial charge in [-0.05, 0) is 45.7 Å². The summed E-state index contributed by atoms with van der Waals surface area (Å²) in [7, 11) is 0. The molecule has 1 heterocycles. The molecule has 1 aliphatic heterocycles. The number of carbonyl (C=O) groups is 2. The van der Waals surface area contributed by atoms with Crippen LogP contribution in [0, 0.1) is 17.8 Å². The molecule has 2 rings (SSSR count). The monoisotopic (exact) mass is 342 g/mol. The number of hydrogen-bond donors (Lipinski definition) is 1. The first-order chi connectivity index (χ1) is 11.8. The van der Waals surface area contributed by atoms with Crippen LogP contribution in [-0.2, 0) is 9.53 Å². The lowest BCUT2D eigenvalue weighted by Crippen LogP contribution is -2.47. The molecule has 0 aliphatic carbocycles. The summed E-state index contributed by atoms with van der Waals surface area (Å²) in [6, 6.07) is 9.64. The lowest BCUT2D eigenvalue weighted by atomic mass is 9.97. The maximum atomic E-state index is 12.3. The zero-order valence-corrected chi connectivity index (χ0v) is 15.2. The van der Waals surface area contributed by atoms with Gasteiger partial charge in [0.2, 0.25) is 5.91 Å². The Labute approximate surface area is 149 Å². The summed E-state index contributed by atoms with van der Waals surface area (Å²) in [5.41, 5.74) is 0.393. The second-order valence-electron chi connectivity index (χ2n) is 7.15. The number of nitrogens with zero attached hydrogens (tertiary/aromatic N) is 1. The molecule has 1 aliphatic rings. The maximum absolute atomic E-state index is 12.3. The molecule has 1 saturated heterocycles. The molecule has 25 heavy (non-hydrogen) atoms. The van der Waals surface area contributed by atoms with Crippen molar-refractivity contribution in [2.45, 2.75) is 39.2 Å². The summed E-state index contributed by atoms with van der Waals surface area (Å²) < 4.78 is 5.39. The van der Waals surface area contributed by atoms with Gasteiger partial charge in [0.05, 0.1) is 12.5 Å². The summed E-state index contributed by atoms with van der Waals surface area (Å²) in [5.74, 6) is 5.69. The zero-order valence-electron chi connectivity index (χ0n) is 15.2. The molecule has 0 bridgehead atoms. The van der Waals surface area contributed by atoms with Crippen LogP contribution in [-0.4, -0.2) is 42.1 Å². The Bertz CT molecular complexity index is 653. The number of piperidine rings is 1. The van der Waals surface area contributed by atoms with Crippen LogP contribution >= 0.6 is 0 Å². The van der Waals surface area contributed by atoms with Crippen molar-refractivity contribution in [3.63, 3.8) is 0 Å². The first kappa shape index (κ1) is 18.9. The van der Waals surface area contributed by atoms with Crippen LogP contribution in [0.25, 0.3) is 0 Å². The van der Waals surface area contributed by atoms with Crippen LogP contribution in [0.4, 0.5) is 4.79 Å². The van der Waals surface area contributed by atoms with Crippen molar-refractivity contribution in [1.82, 2.24) is 10.2 Å². The second kappa shape index (κ2) is 8.57. The first-order valence-corrected chi connectivity index (χ1v) is 8.65. The molecular weight excluding hydrogens is 316 g/mol. The predicted molar refractivity (Wildman–Crippen MR) is 96.9 cm³/mol. The van der Waals surface area contributed by atoms with Crippen molar-refractivity contribution >= 4 is 12.0 Å². The van der Waals surface area contributed by atoms with Gasteiger partial charge in [-0.15, -0.1) is 0 Å². The number of ether oxygens (including phenoxy) is 1. The molecule has 1 atom stereocenters. The first-order valence-electron chi connectivity index (χ1n) is 8.65. The van der Waals surface area contributed by atoms with Crippen LogP contribution < -0.4 is 5.32 Å². The highest BCUT2D eigenvalue weighted by Gasteiger charge is 2.30. The van der Waals surface area contributed by atoms with E-state index < -0.39 is 5.60 Å². The molecule has 1 fully saturated rings. The quantitative estimate of drug-likeness (QED) is 0.841. The van der Waals surface area contributed by atoms with E-state index in [4.69, 9.17) is 4.74 Å². The third-order valence-electron chi connectivity index (χ3n) is 3.80. The van der Waals surface area contributed by atoms with Crippen molar-refractivity contribution in [3.05, 3.63) is 35.9 Å². The molecule has 0 spiro atoms. The van der Waals surface area contributed by atoms with E-state index in [1.165, 1.54) is 0 Å². The average molecular weight is 342 g/mol. The number of nitrogens with one attached hydrogen (secondary N) is 1. The van der Waals surface area contributed by atoms with Crippen molar-refractivity contribution in [1.29, 1.82) is 0 Å². The Hall–Kier alpha value is -2.48. The van der Waals surface area contributed by atoms with Crippen molar-refractivity contribution < 1.29 is 14.3 Å². The standard InChI is InChI=1S/C20H26N2O3/c1-20(2,3)25-19(24)22-14-8-12-17(15-22)18(23)21-13-7-11-16-9-5-4-6-10-16/h4-6,9-10,17H,8,12-15H2,1-3H3,(H,21,23). The summed E-state index contributed by atoms with van der Waals surface area (Å²) in [5, 5.41) is 2.84. The van der Waals surface area contributed by atoms with Crippen molar-refractivity contribution in [2.24, 2.45) is 5.92 Å². The van der Waals surface area contributed by atoms with Gasteiger partial charge in [0, 0.05) is 18.7 Å². The van der Waals surface area contributed by atoms with Crippen molar-refractivity contribution in [3.8, 4) is 11.8 Å². The number of benzene rings is 1. The molecule has 5 heteroatoms. The predicted octanol–water partition coefficient (Wildman–Crippen LogP) is 2.80. The minimum atomic E-state index is -0.528. The molecule has 0 radical (unpaired) electrons. The molecule has 2 amide bonds. The van der Waals surface area contributed by atoms with Gasteiger partial charge in [0.25, 0.3) is 0 Å². The molecular formula is C20H26N2O3. The van der Waals surface area contributed by atoms with E-state index in [2.05, 4.69) is 17.2 Å². The van der Waals surface area contributed by atoms with Crippen LogP contribution in [0.15, 0.2) is 30.3 Å². The van der Waals surface area contributed by atoms with Crippen LogP contribution in [0.5, 0.6) is 0 Å². The SMILES string of the molecule is CC(C)(C)OC(=O)N1CCCC(C(=O)NCC#Cc2ccccc2)C1. The molecule has 1 aromatic carbocycles. The highest BCUT2D eigenvalue weighted by Crippen LogP contribution is 2.19. The lowest BCUT2D eigenvalue weighted by molar-refractivity contribution is -0.126. The highest BCUT2D eigenvalue weighted by atomic mass is 16.6. The number of amides is 2. The Morgan fingerprint density at radius 2 is 2.00 bits per heavy atom. The van der Waals surface area contributed by atoms with Crippen molar-refractivity contribution in [2.75, 3.05) is 19.6 Å². The van der Waals surface area contributed by atoms with Gasteiger partial charge >= 0.3 is 6.09 Å². The molecule has 1 N–H and O–H groups in total. The molecule has 1 unspecified atom stereocenters. The smallest absolute Gasteiger partial charge is 0.410 e. The van der Waals surface area contributed by atoms with Gasteiger partial charge in [-0.2, -0.15) is 0 Å². The average Bonchev–Trinajstić information content (AvgIpc) is 2.58. The van der Waals surface area contributed by atoms with Crippen LogP contribution in [0.3, 0.4) is 0 Å². The summed E-state index contributed by atoms with van der Waals surface area (Å²) in [6.07, 6.45) is 1.22. The van der Waals surface area contributed by atoms with Gasteiger partial charge in [0.1, 0.15) is 5.60 Å². The van der Waals surface area contributed by atoms with Gasteiger partial charge in [0.15, 0.2) is 0 Å². The topological polar surface area (TPSA) is 58.6 Å². The Kier molecular flexibility index (Phi) is 6.46. The maximum Gasteiger partial charge on any atom is 0.410 e. The normalized spacial score (nSPS) is 17.2. The molecule has 0 aromatic heterocycles. The van der Waals surface area contributed by atoms with E-state index in [1.807, 2.05) is 51.1 Å². The third-order valence-corrected chi connectivity index (χ3v) is 3.80.